The van der Waals surface area contributed by atoms with E-state index in [1.54, 1.807) is 4.90 Å². The van der Waals surface area contributed by atoms with E-state index in [1.165, 1.54) is 31.0 Å². The molecule has 3 heterocycles. The van der Waals surface area contributed by atoms with E-state index in [0.717, 1.165) is 35.1 Å². The number of amides is 3. The highest BCUT2D eigenvalue weighted by Gasteiger charge is 2.42. The topological polar surface area (TPSA) is 78.8 Å². The maximum absolute atomic E-state index is 12.8. The zero-order valence-electron chi connectivity index (χ0n) is 17.0. The molecule has 3 amide bonds. The van der Waals surface area contributed by atoms with Crippen LogP contribution in [0.1, 0.15) is 22.8 Å². The second-order valence-corrected chi connectivity index (χ2v) is 8.46. The molecule has 0 saturated carbocycles. The zero-order valence-corrected chi connectivity index (χ0v) is 17.7. The number of carbonyl (C=O) groups is 3. The van der Waals surface area contributed by atoms with Crippen molar-refractivity contribution in [2.75, 3.05) is 33.2 Å². The van der Waals surface area contributed by atoms with Gasteiger partial charge >= 0.3 is 6.03 Å². The average molecular weight is 430 g/mol. The summed E-state index contributed by atoms with van der Waals surface area (Å²) in [5.41, 5.74) is 1.34. The van der Waals surface area contributed by atoms with Crippen molar-refractivity contribution in [1.29, 1.82) is 0 Å². The van der Waals surface area contributed by atoms with Gasteiger partial charge in [0.2, 0.25) is 5.91 Å². The van der Waals surface area contributed by atoms with Crippen molar-refractivity contribution >= 4 is 29.4 Å². The van der Waals surface area contributed by atoms with E-state index in [-0.39, 0.29) is 17.5 Å². The number of fused-ring (bicyclic) bond motifs is 1. The first-order chi connectivity index (χ1) is 14.3. The number of hydrogen-bond acceptors (Lipinski definition) is 5. The summed E-state index contributed by atoms with van der Waals surface area (Å²) >= 11 is 6.28. The summed E-state index contributed by atoms with van der Waals surface area (Å²) in [6.45, 7) is 5.30. The van der Waals surface area contributed by atoms with Crippen LogP contribution in [-0.2, 0) is 11.3 Å². The number of rotatable bonds is 3. The lowest BCUT2D eigenvalue weighted by Crippen LogP contribution is -2.36. The van der Waals surface area contributed by atoms with Crippen LogP contribution < -0.4 is 0 Å². The second-order valence-electron chi connectivity index (χ2n) is 8.05. The largest absolute Gasteiger partial charge is 0.344 e. The van der Waals surface area contributed by atoms with Gasteiger partial charge in [-0.2, -0.15) is 9.78 Å². The van der Waals surface area contributed by atoms with Gasteiger partial charge in [-0.3, -0.25) is 19.4 Å². The third-order valence-electron chi connectivity index (χ3n) is 5.99. The standard InChI is InChI=1S/C21H24ClN5O3/c1-14(28)24(2)20(29)16-7-23-27(13-16)21(30)26-11-17-9-25(10-18(17)12-26)8-15-5-3-4-6-19(15)22/h3-7,13,17-18H,8-12H2,1-2H3. The summed E-state index contributed by atoms with van der Waals surface area (Å²) < 4.78 is 1.18. The number of imide groups is 1. The third kappa shape index (κ3) is 3.97. The van der Waals surface area contributed by atoms with Crippen molar-refractivity contribution in [3.8, 4) is 0 Å². The van der Waals surface area contributed by atoms with Crippen molar-refractivity contribution in [3.05, 3.63) is 52.8 Å². The van der Waals surface area contributed by atoms with Gasteiger partial charge in [-0.25, -0.2) is 4.79 Å². The van der Waals surface area contributed by atoms with Crippen LogP contribution in [0.15, 0.2) is 36.7 Å². The summed E-state index contributed by atoms with van der Waals surface area (Å²) in [7, 11) is 1.40. The molecule has 2 aliphatic rings. The molecule has 1 aromatic carbocycles. The second kappa shape index (κ2) is 8.20. The molecule has 2 saturated heterocycles. The van der Waals surface area contributed by atoms with Gasteiger partial charge in [0.05, 0.1) is 11.8 Å². The summed E-state index contributed by atoms with van der Waals surface area (Å²) in [4.78, 5) is 41.6. The van der Waals surface area contributed by atoms with Crippen LogP contribution in [0, 0.1) is 11.8 Å². The van der Waals surface area contributed by atoms with Gasteiger partial charge < -0.3 is 4.90 Å². The van der Waals surface area contributed by atoms with Crippen LogP contribution in [-0.4, -0.2) is 75.6 Å². The lowest BCUT2D eigenvalue weighted by Gasteiger charge is -2.21. The van der Waals surface area contributed by atoms with Crippen molar-refractivity contribution in [2.45, 2.75) is 13.5 Å². The van der Waals surface area contributed by atoms with Gasteiger partial charge in [0.25, 0.3) is 5.91 Å². The van der Waals surface area contributed by atoms with E-state index < -0.39 is 5.91 Å². The van der Waals surface area contributed by atoms with Crippen LogP contribution in [0.25, 0.3) is 0 Å². The monoisotopic (exact) mass is 429 g/mol. The smallest absolute Gasteiger partial charge is 0.322 e. The number of hydrogen-bond donors (Lipinski definition) is 0. The maximum Gasteiger partial charge on any atom is 0.344 e. The first-order valence-electron chi connectivity index (χ1n) is 9.92. The van der Waals surface area contributed by atoms with Crippen LogP contribution in [0.3, 0.4) is 0 Å². The fourth-order valence-corrected chi connectivity index (χ4v) is 4.46. The number of likely N-dealkylation sites (tertiary alicyclic amines) is 2. The molecule has 2 aliphatic heterocycles. The lowest BCUT2D eigenvalue weighted by molar-refractivity contribution is -0.125. The lowest BCUT2D eigenvalue weighted by atomic mass is 10.0. The van der Waals surface area contributed by atoms with E-state index in [1.807, 2.05) is 24.3 Å². The summed E-state index contributed by atoms with van der Waals surface area (Å²) in [5.74, 6) is -0.0169. The number of benzene rings is 1. The molecule has 1 aromatic heterocycles. The highest BCUT2D eigenvalue weighted by Crippen LogP contribution is 2.33. The van der Waals surface area contributed by atoms with E-state index in [9.17, 15) is 14.4 Å². The zero-order chi connectivity index (χ0) is 21.4. The Morgan fingerprint density at radius 3 is 2.43 bits per heavy atom. The molecular formula is C21H24ClN5O3. The van der Waals surface area contributed by atoms with Crippen LogP contribution in [0.2, 0.25) is 5.02 Å². The first-order valence-corrected chi connectivity index (χ1v) is 10.3. The van der Waals surface area contributed by atoms with Crippen LogP contribution in [0.4, 0.5) is 4.79 Å². The van der Waals surface area contributed by atoms with Crippen LogP contribution >= 0.6 is 11.6 Å². The Bertz CT molecular complexity index is 977. The van der Waals surface area contributed by atoms with Gasteiger partial charge in [-0.1, -0.05) is 29.8 Å². The predicted octanol–water partition coefficient (Wildman–Crippen LogP) is 2.19. The molecular weight excluding hydrogens is 406 g/mol. The van der Waals surface area contributed by atoms with Gasteiger partial charge in [0.1, 0.15) is 0 Å². The van der Waals surface area contributed by atoms with E-state index in [0.29, 0.717) is 24.9 Å². The highest BCUT2D eigenvalue weighted by atomic mass is 35.5. The third-order valence-corrected chi connectivity index (χ3v) is 6.36. The molecule has 2 aromatic rings. The number of nitrogens with zero attached hydrogens (tertiary/aromatic N) is 5. The Kier molecular flexibility index (Phi) is 5.62. The maximum atomic E-state index is 12.8. The van der Waals surface area contributed by atoms with Gasteiger partial charge in [-0.15, -0.1) is 0 Å². The molecule has 2 atom stereocenters. The Balaban J connectivity index is 1.35. The molecule has 4 rings (SSSR count). The van der Waals surface area contributed by atoms with Crippen molar-refractivity contribution < 1.29 is 14.4 Å². The molecule has 30 heavy (non-hydrogen) atoms. The minimum absolute atomic E-state index is 0.214. The SMILES string of the molecule is CC(=O)N(C)C(=O)c1cnn(C(=O)N2CC3CN(Cc4ccccc4Cl)CC3C2)c1. The van der Waals surface area contributed by atoms with Gasteiger partial charge in [0, 0.05) is 57.9 Å². The summed E-state index contributed by atoms with van der Waals surface area (Å²) in [5, 5.41) is 4.82. The molecule has 8 nitrogen and oxygen atoms in total. The molecule has 0 aliphatic carbocycles. The molecule has 0 spiro atoms. The molecule has 0 N–H and O–H groups in total. The fourth-order valence-electron chi connectivity index (χ4n) is 4.26. The number of carbonyl (C=O) groups excluding carboxylic acids is 3. The molecule has 9 heteroatoms. The first kappa shape index (κ1) is 20.6. The highest BCUT2D eigenvalue weighted by molar-refractivity contribution is 6.31. The van der Waals surface area contributed by atoms with Crippen molar-refractivity contribution in [1.82, 2.24) is 24.5 Å². The molecule has 2 fully saturated rings. The average Bonchev–Trinajstić information content (AvgIpc) is 3.42. The normalized spacial score (nSPS) is 21.0. The molecule has 158 valence electrons. The quantitative estimate of drug-likeness (QED) is 0.747. The van der Waals surface area contributed by atoms with Crippen molar-refractivity contribution in [3.63, 3.8) is 0 Å². The van der Waals surface area contributed by atoms with E-state index in [2.05, 4.69) is 10.00 Å². The Morgan fingerprint density at radius 1 is 1.13 bits per heavy atom. The Labute approximate surface area is 180 Å². The van der Waals surface area contributed by atoms with Crippen LogP contribution in [0.5, 0.6) is 0 Å². The summed E-state index contributed by atoms with van der Waals surface area (Å²) in [6, 6.07) is 7.64. The number of aromatic nitrogens is 2. The Morgan fingerprint density at radius 2 is 1.80 bits per heavy atom. The Hall–Kier alpha value is -2.71. The minimum Gasteiger partial charge on any atom is -0.322 e. The van der Waals surface area contributed by atoms with Gasteiger partial charge in [0.15, 0.2) is 0 Å². The van der Waals surface area contributed by atoms with Crippen molar-refractivity contribution in [2.24, 2.45) is 11.8 Å². The van der Waals surface area contributed by atoms with E-state index in [4.69, 9.17) is 11.6 Å². The molecule has 2 unspecified atom stereocenters. The summed E-state index contributed by atoms with van der Waals surface area (Å²) in [6.07, 6.45) is 2.71. The minimum atomic E-state index is -0.477. The van der Waals surface area contributed by atoms with E-state index >= 15 is 0 Å². The van der Waals surface area contributed by atoms with Gasteiger partial charge in [-0.05, 0) is 23.5 Å². The predicted molar refractivity (Wildman–Crippen MR) is 111 cm³/mol. The molecule has 0 radical (unpaired) electrons. The molecule has 0 bridgehead atoms. The number of halogens is 1. The fraction of sp³-hybridized carbons (Fsp3) is 0.429.